The molecule has 1 aromatic carbocycles. The first-order valence-corrected chi connectivity index (χ1v) is 5.23. The lowest BCUT2D eigenvalue weighted by molar-refractivity contribution is 0.313. The van der Waals surface area contributed by atoms with E-state index in [1.807, 2.05) is 30.3 Å². The summed E-state index contributed by atoms with van der Waals surface area (Å²) in [7, 11) is 0. The van der Waals surface area contributed by atoms with Crippen molar-refractivity contribution in [3.05, 3.63) is 60.1 Å². The molecule has 1 aliphatic heterocycles. The van der Waals surface area contributed by atoms with Crippen LogP contribution in [0.15, 0.2) is 58.1 Å². The van der Waals surface area contributed by atoms with Gasteiger partial charge in [-0.2, -0.15) is 0 Å². The van der Waals surface area contributed by atoms with Crippen LogP contribution in [-0.4, -0.2) is 12.5 Å². The van der Waals surface area contributed by atoms with Crippen LogP contribution >= 0.6 is 0 Å². The fourth-order valence-electron chi connectivity index (χ4n) is 1.75. The Morgan fingerprint density at radius 1 is 1.06 bits per heavy atom. The van der Waals surface area contributed by atoms with E-state index in [0.717, 1.165) is 0 Å². The van der Waals surface area contributed by atoms with Crippen LogP contribution in [0.4, 0.5) is 0 Å². The molecular formula is C13H11NO2. The molecule has 1 aliphatic rings. The average Bonchev–Trinajstić information content (AvgIpc) is 3.01. The molecule has 0 unspecified atom stereocenters. The van der Waals surface area contributed by atoms with E-state index in [4.69, 9.17) is 9.15 Å². The molecule has 3 nitrogen and oxygen atoms in total. The third kappa shape index (κ3) is 1.60. The quantitative estimate of drug-likeness (QED) is 0.768. The van der Waals surface area contributed by atoms with Crippen LogP contribution in [0.5, 0.6) is 0 Å². The Morgan fingerprint density at radius 3 is 2.69 bits per heavy atom. The van der Waals surface area contributed by atoms with Gasteiger partial charge in [0, 0.05) is 0 Å². The summed E-state index contributed by atoms with van der Waals surface area (Å²) >= 11 is 0. The molecule has 0 saturated heterocycles. The number of hydrogen-bond donors (Lipinski definition) is 0. The molecule has 0 aliphatic carbocycles. The average molecular weight is 213 g/mol. The summed E-state index contributed by atoms with van der Waals surface area (Å²) in [4.78, 5) is 4.50. The topological polar surface area (TPSA) is 34.7 Å². The molecule has 80 valence electrons. The molecule has 0 amide bonds. The number of benzene rings is 1. The Kier molecular flexibility index (Phi) is 2.22. The Balaban J connectivity index is 1.87. The molecule has 16 heavy (non-hydrogen) atoms. The molecule has 0 bridgehead atoms. The third-order valence-electron chi connectivity index (χ3n) is 2.57. The Morgan fingerprint density at radius 2 is 1.94 bits per heavy atom. The van der Waals surface area contributed by atoms with Gasteiger partial charge in [-0.15, -0.1) is 0 Å². The zero-order valence-electron chi connectivity index (χ0n) is 8.67. The van der Waals surface area contributed by atoms with Gasteiger partial charge in [0.2, 0.25) is 0 Å². The second kappa shape index (κ2) is 3.85. The van der Waals surface area contributed by atoms with Gasteiger partial charge in [0.25, 0.3) is 5.90 Å². The van der Waals surface area contributed by atoms with Crippen molar-refractivity contribution in [2.75, 3.05) is 6.61 Å². The number of ether oxygens (including phenoxy) is 1. The maximum Gasteiger partial charge on any atom is 0.253 e. The molecule has 1 aromatic heterocycles. The number of furan rings is 1. The fourth-order valence-corrected chi connectivity index (χ4v) is 1.75. The first-order valence-electron chi connectivity index (χ1n) is 5.23. The first-order chi connectivity index (χ1) is 7.93. The van der Waals surface area contributed by atoms with E-state index >= 15 is 0 Å². The standard InChI is InChI=1S/C13H11NO2/c1-2-5-10(6-3-1)11-9-16-13(14-11)12-7-4-8-15-12/h1-8,11H,9H2/t11-/m1/s1. The maximum atomic E-state index is 5.52. The highest BCUT2D eigenvalue weighted by Crippen LogP contribution is 2.24. The van der Waals surface area contributed by atoms with Gasteiger partial charge >= 0.3 is 0 Å². The lowest BCUT2D eigenvalue weighted by Crippen LogP contribution is -1.99. The number of nitrogens with zero attached hydrogens (tertiary/aromatic N) is 1. The van der Waals surface area contributed by atoms with E-state index in [1.54, 1.807) is 6.26 Å². The van der Waals surface area contributed by atoms with E-state index < -0.39 is 0 Å². The molecule has 1 atom stereocenters. The van der Waals surface area contributed by atoms with Gasteiger partial charge in [0.1, 0.15) is 12.6 Å². The molecule has 3 rings (SSSR count). The van der Waals surface area contributed by atoms with Crippen molar-refractivity contribution in [2.45, 2.75) is 6.04 Å². The third-order valence-corrected chi connectivity index (χ3v) is 2.57. The predicted octanol–water partition coefficient (Wildman–Crippen LogP) is 2.80. The highest BCUT2D eigenvalue weighted by Gasteiger charge is 2.22. The SMILES string of the molecule is c1ccc([C@H]2COC(c3ccco3)=N2)cc1. The van der Waals surface area contributed by atoms with Crippen LogP contribution < -0.4 is 0 Å². The minimum Gasteiger partial charge on any atom is -0.473 e. The monoisotopic (exact) mass is 213 g/mol. The van der Waals surface area contributed by atoms with Crippen molar-refractivity contribution < 1.29 is 9.15 Å². The summed E-state index contributed by atoms with van der Waals surface area (Å²) in [6.07, 6.45) is 1.62. The van der Waals surface area contributed by atoms with Crippen molar-refractivity contribution >= 4 is 5.90 Å². The lowest BCUT2D eigenvalue weighted by Gasteiger charge is -2.03. The number of hydrogen-bond acceptors (Lipinski definition) is 3. The summed E-state index contributed by atoms with van der Waals surface area (Å²) in [5.41, 5.74) is 1.17. The minimum absolute atomic E-state index is 0.0845. The second-order valence-electron chi connectivity index (χ2n) is 3.65. The van der Waals surface area contributed by atoms with Crippen LogP contribution in [0.2, 0.25) is 0 Å². The molecule has 0 N–H and O–H groups in total. The van der Waals surface area contributed by atoms with E-state index in [2.05, 4.69) is 17.1 Å². The summed E-state index contributed by atoms with van der Waals surface area (Å²) in [5.74, 6) is 1.29. The summed E-state index contributed by atoms with van der Waals surface area (Å²) in [6, 6.07) is 13.9. The van der Waals surface area contributed by atoms with E-state index in [-0.39, 0.29) is 6.04 Å². The highest BCUT2D eigenvalue weighted by atomic mass is 16.5. The van der Waals surface area contributed by atoms with Crippen molar-refractivity contribution in [1.82, 2.24) is 0 Å². The van der Waals surface area contributed by atoms with E-state index in [0.29, 0.717) is 18.3 Å². The van der Waals surface area contributed by atoms with Gasteiger partial charge in [0.15, 0.2) is 5.76 Å². The molecule has 0 fully saturated rings. The Hall–Kier alpha value is -2.03. The van der Waals surface area contributed by atoms with E-state index in [1.165, 1.54) is 5.56 Å². The van der Waals surface area contributed by atoms with Gasteiger partial charge in [-0.1, -0.05) is 30.3 Å². The van der Waals surface area contributed by atoms with Gasteiger partial charge in [-0.25, -0.2) is 4.99 Å². The van der Waals surface area contributed by atoms with Crippen molar-refractivity contribution in [3.63, 3.8) is 0 Å². The van der Waals surface area contributed by atoms with Gasteiger partial charge < -0.3 is 9.15 Å². The fraction of sp³-hybridized carbons (Fsp3) is 0.154. The van der Waals surface area contributed by atoms with Crippen LogP contribution in [0, 0.1) is 0 Å². The van der Waals surface area contributed by atoms with Gasteiger partial charge in [-0.05, 0) is 17.7 Å². The second-order valence-corrected chi connectivity index (χ2v) is 3.65. The smallest absolute Gasteiger partial charge is 0.253 e. The zero-order valence-corrected chi connectivity index (χ0v) is 8.67. The van der Waals surface area contributed by atoms with Gasteiger partial charge in [-0.3, -0.25) is 0 Å². The van der Waals surface area contributed by atoms with Crippen molar-refractivity contribution in [3.8, 4) is 0 Å². The number of rotatable bonds is 2. The normalized spacial score (nSPS) is 19.2. The molecule has 2 aromatic rings. The molecule has 2 heterocycles. The number of aliphatic imine (C=N–C) groups is 1. The minimum atomic E-state index is 0.0845. The Labute approximate surface area is 93.4 Å². The van der Waals surface area contributed by atoms with Crippen LogP contribution in [0.3, 0.4) is 0 Å². The first kappa shape index (κ1) is 9.21. The molecule has 0 radical (unpaired) electrons. The molecule has 0 saturated carbocycles. The van der Waals surface area contributed by atoms with E-state index in [9.17, 15) is 0 Å². The van der Waals surface area contributed by atoms with Crippen molar-refractivity contribution in [2.24, 2.45) is 4.99 Å². The van der Waals surface area contributed by atoms with Crippen molar-refractivity contribution in [1.29, 1.82) is 0 Å². The lowest BCUT2D eigenvalue weighted by atomic mass is 10.1. The maximum absolute atomic E-state index is 5.52. The van der Waals surface area contributed by atoms with Crippen LogP contribution in [0.1, 0.15) is 17.4 Å². The molecular weight excluding hydrogens is 202 g/mol. The zero-order chi connectivity index (χ0) is 10.8. The molecule has 0 spiro atoms. The molecule has 3 heteroatoms. The van der Waals surface area contributed by atoms with Gasteiger partial charge in [0.05, 0.1) is 6.26 Å². The summed E-state index contributed by atoms with van der Waals surface area (Å²) < 4.78 is 10.8. The highest BCUT2D eigenvalue weighted by molar-refractivity contribution is 5.92. The Bertz CT molecular complexity index is 488. The predicted molar refractivity (Wildman–Crippen MR) is 60.4 cm³/mol. The summed E-state index contributed by atoms with van der Waals surface area (Å²) in [6.45, 7) is 0.583. The largest absolute Gasteiger partial charge is 0.473 e. The van der Waals surface area contributed by atoms with Crippen LogP contribution in [0.25, 0.3) is 0 Å². The van der Waals surface area contributed by atoms with Crippen LogP contribution in [-0.2, 0) is 4.74 Å². The summed E-state index contributed by atoms with van der Waals surface area (Å²) in [5, 5.41) is 0.